The van der Waals surface area contributed by atoms with Crippen molar-refractivity contribution in [2.75, 3.05) is 13.2 Å². The van der Waals surface area contributed by atoms with Crippen molar-refractivity contribution in [2.24, 2.45) is 5.41 Å². The minimum atomic E-state index is -1.92. The molecule has 0 saturated heterocycles. The number of nitrogens with zero attached hydrogens (tertiary/aromatic N) is 3. The highest BCUT2D eigenvalue weighted by Gasteiger charge is 2.37. The van der Waals surface area contributed by atoms with Crippen molar-refractivity contribution in [1.29, 1.82) is 0 Å². The quantitative estimate of drug-likeness (QED) is 0.171. The van der Waals surface area contributed by atoms with Gasteiger partial charge in [-0.15, -0.1) is 0 Å². The molecule has 0 amide bonds. The van der Waals surface area contributed by atoms with Gasteiger partial charge in [0.05, 0.1) is 29.5 Å². The number of hydrogen-bond donors (Lipinski definition) is 0. The summed E-state index contributed by atoms with van der Waals surface area (Å²) < 4.78 is 30.5. The van der Waals surface area contributed by atoms with Crippen molar-refractivity contribution in [3.8, 4) is 11.4 Å². The molecule has 2 aromatic heterocycles. The number of carbonyl (C=O) groups excluding carboxylic acids is 1. The Bertz CT molecular complexity index is 1520. The molecule has 0 radical (unpaired) electrons. The normalized spacial score (nSPS) is 13.1. The van der Waals surface area contributed by atoms with E-state index >= 15 is 0 Å². The third-order valence-electron chi connectivity index (χ3n) is 7.72. The van der Waals surface area contributed by atoms with Gasteiger partial charge in [-0.2, -0.15) is 9.78 Å². The lowest BCUT2D eigenvalue weighted by Crippen LogP contribution is -2.41. The summed E-state index contributed by atoms with van der Waals surface area (Å²) in [4.78, 5) is 13.0. The molecule has 8 heteroatoms. The molecule has 0 fully saturated rings. The topological polar surface area (TPSA) is 58.3 Å². The number of rotatable bonds is 7. The molecule has 0 spiro atoms. The van der Waals surface area contributed by atoms with Gasteiger partial charge in [-0.05, 0) is 54.4 Å². The van der Waals surface area contributed by atoms with Crippen LogP contribution in [0, 0.1) is 11.2 Å². The number of halogens is 1. The van der Waals surface area contributed by atoms with Crippen LogP contribution >= 0.6 is 0 Å². The fourth-order valence-corrected chi connectivity index (χ4v) is 5.40. The van der Waals surface area contributed by atoms with E-state index < -0.39 is 13.7 Å². The lowest BCUT2D eigenvalue weighted by molar-refractivity contribution is 0.0755. The minimum Gasteiger partial charge on any atom is -0.489 e. The molecule has 4 rings (SSSR count). The van der Waals surface area contributed by atoms with Crippen LogP contribution in [-0.4, -0.2) is 41.8 Å². The summed E-state index contributed by atoms with van der Waals surface area (Å²) >= 11 is 0. The molecule has 0 bridgehead atoms. The minimum absolute atomic E-state index is 0.0606. The third kappa shape index (κ3) is 5.68. The Hall–Kier alpha value is -2.97. The van der Waals surface area contributed by atoms with E-state index in [1.165, 1.54) is 16.8 Å². The first-order chi connectivity index (χ1) is 18.0. The Balaban J connectivity index is 1.77. The van der Waals surface area contributed by atoms with Crippen LogP contribution in [0.5, 0.6) is 5.75 Å². The van der Waals surface area contributed by atoms with Gasteiger partial charge in [0.2, 0.25) is 0 Å². The summed E-state index contributed by atoms with van der Waals surface area (Å²) in [6.45, 7) is 21.7. The van der Waals surface area contributed by atoms with Crippen molar-refractivity contribution in [1.82, 2.24) is 14.3 Å². The maximum Gasteiger partial charge on any atom is 0.252 e. The smallest absolute Gasteiger partial charge is 0.252 e. The molecule has 6 nitrogen and oxygen atoms in total. The number of fused-ring (bicyclic) bond motifs is 2. The highest BCUT2D eigenvalue weighted by atomic mass is 28.4. The zero-order chi connectivity index (χ0) is 28.9. The van der Waals surface area contributed by atoms with E-state index in [0.717, 1.165) is 33.2 Å². The van der Waals surface area contributed by atoms with E-state index in [1.807, 2.05) is 32.9 Å². The van der Waals surface area contributed by atoms with Crippen LogP contribution in [0.4, 0.5) is 4.39 Å². The Labute approximate surface area is 232 Å². The van der Waals surface area contributed by atoms with Gasteiger partial charge in [-0.1, -0.05) is 55.4 Å². The molecule has 0 unspecified atom stereocenters. The maximum absolute atomic E-state index is 14.4. The number of aromatic nitrogens is 3. The molecule has 0 atom stereocenters. The van der Waals surface area contributed by atoms with Crippen molar-refractivity contribution < 1.29 is 18.3 Å². The van der Waals surface area contributed by atoms with Gasteiger partial charge in [0.25, 0.3) is 5.91 Å². The second-order valence-electron chi connectivity index (χ2n) is 13.2. The van der Waals surface area contributed by atoms with E-state index in [0.29, 0.717) is 19.0 Å². The Morgan fingerprint density at radius 1 is 0.974 bits per heavy atom. The molecule has 2 aromatic carbocycles. The van der Waals surface area contributed by atoms with E-state index in [9.17, 15) is 9.18 Å². The Morgan fingerprint density at radius 3 is 2.26 bits per heavy atom. The first-order valence-electron chi connectivity index (χ1n) is 13.7. The van der Waals surface area contributed by atoms with Gasteiger partial charge in [0, 0.05) is 27.9 Å². The van der Waals surface area contributed by atoms with Crippen LogP contribution < -0.4 is 4.74 Å². The van der Waals surface area contributed by atoms with E-state index in [1.54, 1.807) is 12.3 Å². The van der Waals surface area contributed by atoms with Crippen molar-refractivity contribution in [3.63, 3.8) is 0 Å². The summed E-state index contributed by atoms with van der Waals surface area (Å²) in [5, 5.41) is 6.36. The number of benzene rings is 2. The molecule has 0 aliphatic carbocycles. The number of ether oxygens (including phenoxy) is 1. The molecule has 0 aliphatic heterocycles. The second-order valence-corrected chi connectivity index (χ2v) is 18.0. The average Bonchev–Trinajstić information content (AvgIpc) is 3.39. The molecule has 0 N–H and O–H groups in total. The first kappa shape index (κ1) is 29.0. The van der Waals surface area contributed by atoms with Gasteiger partial charge in [0.15, 0.2) is 8.32 Å². The molecule has 0 aliphatic rings. The molecule has 2 heterocycles. The van der Waals surface area contributed by atoms with Crippen LogP contribution in [0.3, 0.4) is 0 Å². The monoisotopic (exact) mass is 551 g/mol. The Kier molecular flexibility index (Phi) is 7.60. The standard InChI is InChI=1S/C31H42FN3O3Si/c1-20(2)25-15-21-16-27-22(19-33-35(27)29(36)30(3,4)5)17-26(21)34(25)24-12-11-23(32)18-28(24)37-13-14-38-39(9,10)31(6,7)8/h11-12,15-20H,13-14H2,1-10H3. The van der Waals surface area contributed by atoms with Crippen molar-refractivity contribution in [2.45, 2.75) is 79.4 Å². The van der Waals surface area contributed by atoms with Crippen molar-refractivity contribution >= 4 is 36.0 Å². The predicted molar refractivity (Wildman–Crippen MR) is 159 cm³/mol. The van der Waals surface area contributed by atoms with E-state index in [-0.39, 0.29) is 22.7 Å². The van der Waals surface area contributed by atoms with Crippen LogP contribution in [-0.2, 0) is 4.43 Å². The van der Waals surface area contributed by atoms with Crippen LogP contribution in [0.25, 0.3) is 27.5 Å². The van der Waals surface area contributed by atoms with Crippen LogP contribution in [0.15, 0.2) is 42.6 Å². The summed E-state index contributed by atoms with van der Waals surface area (Å²) in [6, 6.07) is 10.9. The fourth-order valence-electron chi connectivity index (χ4n) is 4.38. The fraction of sp³-hybridized carbons (Fsp3) is 0.484. The van der Waals surface area contributed by atoms with Gasteiger partial charge in [-0.3, -0.25) is 4.79 Å². The van der Waals surface area contributed by atoms with Gasteiger partial charge in [0.1, 0.15) is 18.2 Å². The van der Waals surface area contributed by atoms with Gasteiger partial charge >= 0.3 is 0 Å². The number of carbonyl (C=O) groups is 1. The molecule has 39 heavy (non-hydrogen) atoms. The second kappa shape index (κ2) is 10.2. The summed E-state index contributed by atoms with van der Waals surface area (Å²) in [5.74, 6) is 0.237. The summed E-state index contributed by atoms with van der Waals surface area (Å²) in [5.41, 5.74) is 2.99. The molecular weight excluding hydrogens is 509 g/mol. The van der Waals surface area contributed by atoms with E-state index in [2.05, 4.69) is 63.4 Å². The Morgan fingerprint density at radius 2 is 1.64 bits per heavy atom. The van der Waals surface area contributed by atoms with Crippen LogP contribution in [0.2, 0.25) is 18.1 Å². The lowest BCUT2D eigenvalue weighted by atomic mass is 9.96. The predicted octanol–water partition coefficient (Wildman–Crippen LogP) is 8.33. The average molecular weight is 552 g/mol. The summed E-state index contributed by atoms with van der Waals surface area (Å²) in [7, 11) is -1.92. The zero-order valence-electron chi connectivity index (χ0n) is 25.0. The van der Waals surface area contributed by atoms with Gasteiger partial charge < -0.3 is 13.7 Å². The highest BCUT2D eigenvalue weighted by molar-refractivity contribution is 6.74. The third-order valence-corrected chi connectivity index (χ3v) is 12.3. The SMILES string of the molecule is CC(C)c1cc2cc3c(cnn3C(=O)C(C)(C)C)cc2n1-c1ccc(F)cc1OCCO[Si](C)(C)C(C)(C)C. The molecule has 4 aromatic rings. The maximum atomic E-state index is 14.4. The lowest BCUT2D eigenvalue weighted by Gasteiger charge is -2.36. The van der Waals surface area contributed by atoms with E-state index in [4.69, 9.17) is 9.16 Å². The highest BCUT2D eigenvalue weighted by Crippen LogP contribution is 2.38. The van der Waals surface area contributed by atoms with Gasteiger partial charge in [-0.25, -0.2) is 4.39 Å². The molecular formula is C31H42FN3O3Si. The molecule has 0 saturated carbocycles. The summed E-state index contributed by atoms with van der Waals surface area (Å²) in [6.07, 6.45) is 1.73. The van der Waals surface area contributed by atoms with Crippen LogP contribution in [0.1, 0.15) is 71.8 Å². The first-order valence-corrected chi connectivity index (χ1v) is 16.6. The largest absolute Gasteiger partial charge is 0.489 e. The van der Waals surface area contributed by atoms with Crippen molar-refractivity contribution in [3.05, 3.63) is 54.1 Å². The zero-order valence-corrected chi connectivity index (χ0v) is 26.0. The molecule has 210 valence electrons. The number of hydrogen-bond acceptors (Lipinski definition) is 4.